The molecule has 1 aliphatic heterocycles. The van der Waals surface area contributed by atoms with E-state index in [1.807, 2.05) is 24.9 Å². The normalized spacial score (nSPS) is 16.4. The Labute approximate surface area is 123 Å². The molecular formula is C14H20N6O. The minimum atomic E-state index is 0.0202. The number of piperidine rings is 1. The molecule has 112 valence electrons. The van der Waals surface area contributed by atoms with Gasteiger partial charge in [0, 0.05) is 31.7 Å². The highest BCUT2D eigenvalue weighted by molar-refractivity contribution is 5.92. The van der Waals surface area contributed by atoms with Crippen LogP contribution in [-0.2, 0) is 6.54 Å². The number of amides is 1. The lowest BCUT2D eigenvalue weighted by molar-refractivity contribution is 0.0704. The van der Waals surface area contributed by atoms with E-state index < -0.39 is 0 Å². The van der Waals surface area contributed by atoms with Gasteiger partial charge >= 0.3 is 0 Å². The molecule has 0 unspecified atom stereocenters. The molecule has 0 bridgehead atoms. The van der Waals surface area contributed by atoms with Gasteiger partial charge in [0.25, 0.3) is 5.91 Å². The number of nitrogens with zero attached hydrogens (tertiary/aromatic N) is 5. The van der Waals surface area contributed by atoms with Gasteiger partial charge in [-0.1, -0.05) is 0 Å². The largest absolute Gasteiger partial charge is 0.337 e. The summed E-state index contributed by atoms with van der Waals surface area (Å²) in [5, 5.41) is 11.4. The first kappa shape index (κ1) is 13.8. The smallest absolute Gasteiger partial charge is 0.274 e. The maximum atomic E-state index is 12.4. The first-order valence-corrected chi connectivity index (χ1v) is 7.39. The van der Waals surface area contributed by atoms with Crippen LogP contribution in [0.5, 0.6) is 0 Å². The molecule has 0 aliphatic carbocycles. The van der Waals surface area contributed by atoms with Gasteiger partial charge in [0.1, 0.15) is 11.5 Å². The third kappa shape index (κ3) is 2.81. The van der Waals surface area contributed by atoms with Crippen molar-refractivity contribution in [1.82, 2.24) is 29.9 Å². The lowest BCUT2D eigenvalue weighted by Gasteiger charge is -2.30. The van der Waals surface area contributed by atoms with Crippen LogP contribution in [0.25, 0.3) is 0 Å². The van der Waals surface area contributed by atoms with Gasteiger partial charge in [-0.05, 0) is 32.8 Å². The molecule has 0 radical (unpaired) electrons. The van der Waals surface area contributed by atoms with Gasteiger partial charge < -0.3 is 4.90 Å². The molecule has 21 heavy (non-hydrogen) atoms. The fraction of sp³-hybridized carbons (Fsp3) is 0.571. The lowest BCUT2D eigenvalue weighted by Crippen LogP contribution is -2.38. The summed E-state index contributed by atoms with van der Waals surface area (Å²) in [6, 6.07) is 1.79. The molecule has 3 rings (SSSR count). The van der Waals surface area contributed by atoms with Gasteiger partial charge in [-0.15, -0.1) is 0 Å². The summed E-state index contributed by atoms with van der Waals surface area (Å²) in [5.41, 5.74) is 0.532. The first-order chi connectivity index (χ1) is 10.2. The van der Waals surface area contributed by atoms with Crippen LogP contribution < -0.4 is 0 Å². The van der Waals surface area contributed by atoms with E-state index in [-0.39, 0.29) is 5.91 Å². The summed E-state index contributed by atoms with van der Waals surface area (Å²) in [4.78, 5) is 18.7. The molecule has 0 saturated carbocycles. The van der Waals surface area contributed by atoms with Crippen molar-refractivity contribution in [2.45, 2.75) is 39.2 Å². The van der Waals surface area contributed by atoms with Crippen LogP contribution in [0, 0.1) is 6.92 Å². The molecule has 7 heteroatoms. The maximum absolute atomic E-state index is 12.4. The van der Waals surface area contributed by atoms with Crippen LogP contribution in [-0.4, -0.2) is 48.9 Å². The van der Waals surface area contributed by atoms with Crippen molar-refractivity contribution in [3.8, 4) is 0 Å². The monoisotopic (exact) mass is 288 g/mol. The predicted octanol–water partition coefficient (Wildman–Crippen LogP) is 1.35. The van der Waals surface area contributed by atoms with E-state index in [4.69, 9.17) is 0 Å². The number of aryl methyl sites for hydroxylation is 2. The number of hydrogen-bond acceptors (Lipinski definition) is 4. The molecule has 1 amide bonds. The summed E-state index contributed by atoms with van der Waals surface area (Å²) in [6.07, 6.45) is 3.64. The highest BCUT2D eigenvalue weighted by Crippen LogP contribution is 2.26. The summed E-state index contributed by atoms with van der Waals surface area (Å²) >= 11 is 0. The minimum absolute atomic E-state index is 0.0202. The van der Waals surface area contributed by atoms with E-state index in [2.05, 4.69) is 20.3 Å². The summed E-state index contributed by atoms with van der Waals surface area (Å²) < 4.78 is 1.77. The molecule has 1 saturated heterocycles. The number of likely N-dealkylation sites (tertiary alicyclic amines) is 1. The van der Waals surface area contributed by atoms with Crippen LogP contribution in [0.3, 0.4) is 0 Å². The number of rotatable bonds is 3. The van der Waals surface area contributed by atoms with Crippen LogP contribution in [0.15, 0.2) is 12.3 Å². The Morgan fingerprint density at radius 3 is 2.76 bits per heavy atom. The zero-order chi connectivity index (χ0) is 14.8. The number of nitrogens with one attached hydrogen (secondary N) is 1. The van der Waals surface area contributed by atoms with Gasteiger partial charge in [0.2, 0.25) is 0 Å². The molecule has 0 aromatic carbocycles. The minimum Gasteiger partial charge on any atom is -0.337 e. The van der Waals surface area contributed by atoms with Gasteiger partial charge in [-0.3, -0.25) is 14.6 Å². The molecule has 1 fully saturated rings. The third-order valence-electron chi connectivity index (χ3n) is 3.95. The molecule has 1 aliphatic rings. The van der Waals surface area contributed by atoms with E-state index >= 15 is 0 Å². The molecule has 0 atom stereocenters. The Balaban J connectivity index is 1.61. The fourth-order valence-electron chi connectivity index (χ4n) is 2.70. The molecule has 3 heterocycles. The highest BCUT2D eigenvalue weighted by Gasteiger charge is 2.27. The Kier molecular flexibility index (Phi) is 3.72. The molecule has 2 aromatic heterocycles. The number of H-pyrrole nitrogens is 1. The van der Waals surface area contributed by atoms with Crippen molar-refractivity contribution < 1.29 is 4.79 Å². The van der Waals surface area contributed by atoms with E-state index in [9.17, 15) is 4.79 Å². The summed E-state index contributed by atoms with van der Waals surface area (Å²) in [7, 11) is 0. The fourth-order valence-corrected chi connectivity index (χ4v) is 2.70. The van der Waals surface area contributed by atoms with Gasteiger partial charge in [0.05, 0.1) is 0 Å². The van der Waals surface area contributed by atoms with Gasteiger partial charge in [-0.2, -0.15) is 10.2 Å². The Morgan fingerprint density at radius 2 is 2.19 bits per heavy atom. The topological polar surface area (TPSA) is 79.7 Å². The summed E-state index contributed by atoms with van der Waals surface area (Å²) in [6.45, 7) is 6.15. The molecule has 1 N–H and O–H groups in total. The summed E-state index contributed by atoms with van der Waals surface area (Å²) in [5.74, 6) is 2.07. The van der Waals surface area contributed by atoms with Crippen molar-refractivity contribution in [3.05, 3.63) is 29.6 Å². The zero-order valence-corrected chi connectivity index (χ0v) is 12.4. The second-order valence-electron chi connectivity index (χ2n) is 5.40. The van der Waals surface area contributed by atoms with E-state index in [0.29, 0.717) is 11.6 Å². The van der Waals surface area contributed by atoms with Gasteiger partial charge in [-0.25, -0.2) is 4.98 Å². The van der Waals surface area contributed by atoms with Crippen molar-refractivity contribution in [2.75, 3.05) is 13.1 Å². The molecule has 2 aromatic rings. The van der Waals surface area contributed by atoms with Crippen LogP contribution in [0.2, 0.25) is 0 Å². The average Bonchev–Trinajstić information content (AvgIpc) is 3.15. The number of carbonyl (C=O) groups excluding carboxylic acids is 1. The van der Waals surface area contributed by atoms with E-state index in [1.165, 1.54) is 0 Å². The van der Waals surface area contributed by atoms with Crippen molar-refractivity contribution in [3.63, 3.8) is 0 Å². The predicted molar refractivity (Wildman–Crippen MR) is 76.9 cm³/mol. The van der Waals surface area contributed by atoms with Crippen molar-refractivity contribution >= 4 is 5.91 Å². The van der Waals surface area contributed by atoms with Crippen LogP contribution in [0.4, 0.5) is 0 Å². The Hall–Kier alpha value is -2.18. The Morgan fingerprint density at radius 1 is 1.43 bits per heavy atom. The van der Waals surface area contributed by atoms with Gasteiger partial charge in [0.15, 0.2) is 5.82 Å². The highest BCUT2D eigenvalue weighted by atomic mass is 16.2. The second-order valence-corrected chi connectivity index (χ2v) is 5.40. The average molecular weight is 288 g/mol. The zero-order valence-electron chi connectivity index (χ0n) is 12.4. The number of carbonyl (C=O) groups is 1. The molecular weight excluding hydrogens is 268 g/mol. The van der Waals surface area contributed by atoms with Crippen molar-refractivity contribution in [2.24, 2.45) is 0 Å². The van der Waals surface area contributed by atoms with Crippen LogP contribution >= 0.6 is 0 Å². The SMILES string of the molecule is CCn1ccc(C(=O)N2CCC(c3n[nH]c(C)n3)CC2)n1. The maximum Gasteiger partial charge on any atom is 0.274 e. The Bertz CT molecular complexity index is 623. The molecule has 7 nitrogen and oxygen atoms in total. The van der Waals surface area contributed by atoms with E-state index in [0.717, 1.165) is 44.1 Å². The lowest BCUT2D eigenvalue weighted by atomic mass is 9.96. The quantitative estimate of drug-likeness (QED) is 0.924. The van der Waals surface area contributed by atoms with Crippen LogP contribution in [0.1, 0.15) is 47.8 Å². The number of hydrogen-bond donors (Lipinski definition) is 1. The standard InChI is InChI=1S/C14H20N6O/c1-3-20-9-6-12(18-20)14(21)19-7-4-11(5-8-19)13-15-10(2)16-17-13/h6,9,11H,3-5,7-8H2,1-2H3,(H,15,16,17). The number of aromatic nitrogens is 5. The third-order valence-corrected chi connectivity index (χ3v) is 3.95. The molecule has 0 spiro atoms. The van der Waals surface area contributed by atoms with Crippen molar-refractivity contribution in [1.29, 1.82) is 0 Å². The first-order valence-electron chi connectivity index (χ1n) is 7.39. The van der Waals surface area contributed by atoms with E-state index in [1.54, 1.807) is 10.7 Å². The number of aromatic amines is 1. The second kappa shape index (κ2) is 5.67.